The zero-order chi connectivity index (χ0) is 17.5. The lowest BCUT2D eigenvalue weighted by Gasteiger charge is -2.14. The van der Waals surface area contributed by atoms with Crippen molar-refractivity contribution in [2.45, 2.75) is 58.7 Å². The predicted molar refractivity (Wildman–Crippen MR) is 98.0 cm³/mol. The molecule has 132 valence electrons. The third-order valence-electron chi connectivity index (χ3n) is 3.61. The average molecular weight is 330 g/mol. The summed E-state index contributed by atoms with van der Waals surface area (Å²) in [6.07, 6.45) is 7.79. The van der Waals surface area contributed by atoms with Gasteiger partial charge in [-0.25, -0.2) is 0 Å². The third kappa shape index (κ3) is 9.39. The first kappa shape index (κ1) is 20.3. The molecule has 0 aliphatic heterocycles. The average Bonchev–Trinajstić information content (AvgIpc) is 2.61. The number of aliphatic hydroxyl groups excluding tert-OH is 1. The van der Waals surface area contributed by atoms with E-state index in [4.69, 9.17) is 9.47 Å². The van der Waals surface area contributed by atoms with Gasteiger partial charge >= 0.3 is 0 Å². The molecule has 3 nitrogen and oxygen atoms in total. The fourth-order valence-corrected chi connectivity index (χ4v) is 2.19. The number of ether oxygens (including phenoxy) is 2. The van der Waals surface area contributed by atoms with Crippen LogP contribution in [0.15, 0.2) is 42.7 Å². The Labute approximate surface area is 146 Å². The summed E-state index contributed by atoms with van der Waals surface area (Å²) in [6, 6.07) is 9.98. The largest absolute Gasteiger partial charge is 0.475 e. The second-order valence-corrected chi connectivity index (χ2v) is 5.77. The van der Waals surface area contributed by atoms with Crippen molar-refractivity contribution in [1.29, 1.82) is 0 Å². The Balaban J connectivity index is 2.33. The van der Waals surface area contributed by atoms with Crippen LogP contribution >= 0.6 is 0 Å². The molecule has 0 aliphatic carbocycles. The lowest BCUT2D eigenvalue weighted by atomic mass is 9.96. The van der Waals surface area contributed by atoms with E-state index in [2.05, 4.69) is 25.7 Å². The zero-order valence-corrected chi connectivity index (χ0v) is 14.9. The van der Waals surface area contributed by atoms with Gasteiger partial charge in [0.1, 0.15) is 6.10 Å². The molecule has 0 spiro atoms. The van der Waals surface area contributed by atoms with E-state index in [0.29, 0.717) is 6.61 Å². The molecule has 0 unspecified atom stereocenters. The summed E-state index contributed by atoms with van der Waals surface area (Å²) >= 11 is 0. The van der Waals surface area contributed by atoms with E-state index in [1.807, 2.05) is 36.4 Å². The van der Waals surface area contributed by atoms with Crippen molar-refractivity contribution in [3.8, 4) is 11.8 Å². The maximum absolute atomic E-state index is 10.2. The lowest BCUT2D eigenvalue weighted by molar-refractivity contribution is -0.0213. The molecule has 0 radical (unpaired) electrons. The van der Waals surface area contributed by atoms with Crippen molar-refractivity contribution < 1.29 is 14.6 Å². The molecular formula is C21H30O3. The Kier molecular flexibility index (Phi) is 11.5. The first-order chi connectivity index (χ1) is 11.8. The third-order valence-corrected chi connectivity index (χ3v) is 3.61. The molecule has 1 rings (SSSR count). The minimum absolute atomic E-state index is 0.00318. The number of benzene rings is 1. The van der Waals surface area contributed by atoms with E-state index in [0.717, 1.165) is 37.7 Å². The highest BCUT2D eigenvalue weighted by Gasteiger charge is 2.13. The van der Waals surface area contributed by atoms with Crippen molar-refractivity contribution in [3.05, 3.63) is 48.2 Å². The van der Waals surface area contributed by atoms with Crippen LogP contribution in [-0.2, 0) is 16.1 Å². The molecule has 0 aliphatic rings. The van der Waals surface area contributed by atoms with Gasteiger partial charge in [0.2, 0.25) is 0 Å². The first-order valence-electron chi connectivity index (χ1n) is 8.84. The molecular weight excluding hydrogens is 300 g/mol. The Morgan fingerprint density at radius 1 is 1.17 bits per heavy atom. The van der Waals surface area contributed by atoms with Gasteiger partial charge in [-0.05, 0) is 24.5 Å². The van der Waals surface area contributed by atoms with Crippen molar-refractivity contribution in [2.24, 2.45) is 5.92 Å². The monoisotopic (exact) mass is 330 g/mol. The predicted octanol–water partition coefficient (Wildman–Crippen LogP) is 4.66. The minimum atomic E-state index is -0.631. The molecule has 2 atom stereocenters. The van der Waals surface area contributed by atoms with Gasteiger partial charge in [-0.2, -0.15) is 0 Å². The van der Waals surface area contributed by atoms with Crippen LogP contribution in [0.2, 0.25) is 0 Å². The van der Waals surface area contributed by atoms with Gasteiger partial charge in [0, 0.05) is 12.3 Å². The summed E-state index contributed by atoms with van der Waals surface area (Å²) in [5, 5.41) is 10.2. The second kappa shape index (κ2) is 13.7. The Morgan fingerprint density at radius 2 is 1.96 bits per heavy atom. The molecule has 0 aromatic heterocycles. The van der Waals surface area contributed by atoms with Crippen molar-refractivity contribution in [1.82, 2.24) is 0 Å². The fourth-order valence-electron chi connectivity index (χ4n) is 2.19. The number of hydrogen-bond acceptors (Lipinski definition) is 3. The van der Waals surface area contributed by atoms with Crippen LogP contribution in [0.5, 0.6) is 0 Å². The lowest BCUT2D eigenvalue weighted by Crippen LogP contribution is -2.16. The van der Waals surface area contributed by atoms with Gasteiger partial charge in [-0.3, -0.25) is 0 Å². The fraction of sp³-hybridized carbons (Fsp3) is 0.524. The molecule has 1 aromatic rings. The Bertz CT molecular complexity index is 499. The summed E-state index contributed by atoms with van der Waals surface area (Å²) in [7, 11) is 0. The van der Waals surface area contributed by atoms with E-state index >= 15 is 0 Å². The molecule has 3 heteroatoms. The molecule has 0 amide bonds. The summed E-state index contributed by atoms with van der Waals surface area (Å²) in [5.41, 5.74) is 1.12. The summed E-state index contributed by atoms with van der Waals surface area (Å²) in [6.45, 7) is 4.95. The van der Waals surface area contributed by atoms with Crippen LogP contribution < -0.4 is 0 Å². The molecule has 24 heavy (non-hydrogen) atoms. The smallest absolute Gasteiger partial charge is 0.188 e. The van der Waals surface area contributed by atoms with Gasteiger partial charge in [0.05, 0.1) is 12.9 Å². The van der Waals surface area contributed by atoms with Gasteiger partial charge < -0.3 is 14.6 Å². The normalized spacial score (nSPS) is 13.3. The molecule has 0 fully saturated rings. The molecule has 0 bridgehead atoms. The number of aliphatic hydroxyl groups is 1. The van der Waals surface area contributed by atoms with Crippen LogP contribution in [0, 0.1) is 17.8 Å². The number of unbranched alkanes of at least 4 members (excludes halogenated alkanes) is 2. The number of rotatable bonds is 11. The van der Waals surface area contributed by atoms with Crippen molar-refractivity contribution >= 4 is 0 Å². The topological polar surface area (TPSA) is 38.7 Å². The summed E-state index contributed by atoms with van der Waals surface area (Å²) < 4.78 is 10.8. The van der Waals surface area contributed by atoms with Crippen molar-refractivity contribution in [2.75, 3.05) is 6.79 Å². The maximum Gasteiger partial charge on any atom is 0.188 e. The van der Waals surface area contributed by atoms with Gasteiger partial charge in [0.25, 0.3) is 0 Å². The van der Waals surface area contributed by atoms with E-state index in [1.165, 1.54) is 0 Å². The highest BCUT2D eigenvalue weighted by Crippen LogP contribution is 2.15. The SMILES string of the molecule is CCCC#C[C@H](O)[C@@H](/C=C/OCOCc1ccccc1)CCCC. The maximum atomic E-state index is 10.2. The minimum Gasteiger partial charge on any atom is -0.475 e. The van der Waals surface area contributed by atoms with Crippen LogP contribution in [-0.4, -0.2) is 18.0 Å². The van der Waals surface area contributed by atoms with Gasteiger partial charge in [-0.1, -0.05) is 62.9 Å². The van der Waals surface area contributed by atoms with E-state index in [1.54, 1.807) is 6.26 Å². The Morgan fingerprint density at radius 3 is 2.67 bits per heavy atom. The summed E-state index contributed by atoms with van der Waals surface area (Å²) in [4.78, 5) is 0. The molecule has 0 saturated heterocycles. The van der Waals surface area contributed by atoms with Crippen molar-refractivity contribution in [3.63, 3.8) is 0 Å². The van der Waals surface area contributed by atoms with E-state index < -0.39 is 6.10 Å². The van der Waals surface area contributed by atoms with Gasteiger partial charge in [-0.15, -0.1) is 5.92 Å². The standard InChI is InChI=1S/C21H30O3/c1-3-5-8-14-21(22)20(13-6-4-2)15-16-23-18-24-17-19-11-9-7-10-12-19/h7,9-12,15-16,20-22H,3-6,13,17-18H2,1-2H3/b16-15+/t20-,21+/m1/s1. The van der Waals surface area contributed by atoms with Crippen LogP contribution in [0.4, 0.5) is 0 Å². The van der Waals surface area contributed by atoms with E-state index in [9.17, 15) is 5.11 Å². The van der Waals surface area contributed by atoms with Gasteiger partial charge in [0.15, 0.2) is 6.79 Å². The Hall–Kier alpha value is -1.76. The zero-order valence-electron chi connectivity index (χ0n) is 14.9. The second-order valence-electron chi connectivity index (χ2n) is 5.77. The summed E-state index contributed by atoms with van der Waals surface area (Å²) in [5.74, 6) is 5.96. The number of hydrogen-bond donors (Lipinski definition) is 1. The van der Waals surface area contributed by atoms with Crippen LogP contribution in [0.3, 0.4) is 0 Å². The first-order valence-corrected chi connectivity index (χ1v) is 8.84. The van der Waals surface area contributed by atoms with Crippen LogP contribution in [0.25, 0.3) is 0 Å². The van der Waals surface area contributed by atoms with E-state index in [-0.39, 0.29) is 12.7 Å². The quantitative estimate of drug-likeness (QED) is 0.277. The molecule has 1 N–H and O–H groups in total. The highest BCUT2D eigenvalue weighted by molar-refractivity contribution is 5.13. The highest BCUT2D eigenvalue weighted by atomic mass is 16.7. The molecule has 0 heterocycles. The molecule has 1 aromatic carbocycles. The van der Waals surface area contributed by atoms with Crippen LogP contribution in [0.1, 0.15) is 51.5 Å². The molecule has 0 saturated carbocycles.